The summed E-state index contributed by atoms with van der Waals surface area (Å²) in [6.07, 6.45) is 0. The molecule has 1 saturated carbocycles. The average molecular weight is 340 g/mol. The molecule has 1 aromatic rings. The van der Waals surface area contributed by atoms with E-state index in [4.69, 9.17) is 15.2 Å². The quantitative estimate of drug-likeness (QED) is 0.902. The Morgan fingerprint density at radius 3 is 2.67 bits per heavy atom. The van der Waals surface area contributed by atoms with Crippen LogP contribution >= 0.6 is 11.8 Å². The summed E-state index contributed by atoms with van der Waals surface area (Å²) in [4.78, 5) is 4.42. The Bertz CT molecular complexity index is 803. The first kappa shape index (κ1) is 15.3. The number of rotatable bonds is 3. The van der Waals surface area contributed by atoms with Crippen LogP contribution in [0.3, 0.4) is 0 Å². The molecule has 122 valence electrons. The normalized spacial score (nSPS) is 39.0. The number of fused-ring (bicyclic) bond motifs is 2. The van der Waals surface area contributed by atoms with Crippen LogP contribution < -0.4 is 10.5 Å². The number of thioether (sulfide) groups is 1. The monoisotopic (exact) mass is 340 g/mol. The zero-order valence-corrected chi connectivity index (χ0v) is 14.0. The Labute approximate surface area is 144 Å². The summed E-state index contributed by atoms with van der Waals surface area (Å²) in [7, 11) is 0. The molecule has 1 aliphatic carbocycles. The van der Waals surface area contributed by atoms with Crippen LogP contribution in [-0.2, 0) is 4.74 Å². The van der Waals surface area contributed by atoms with Gasteiger partial charge in [-0.2, -0.15) is 10.5 Å². The molecule has 6 nitrogen and oxygen atoms in total. The molecule has 1 aromatic carbocycles. The summed E-state index contributed by atoms with van der Waals surface area (Å²) < 4.78 is 11.3. The van der Waals surface area contributed by atoms with Crippen molar-refractivity contribution in [2.75, 3.05) is 19.0 Å². The van der Waals surface area contributed by atoms with Crippen molar-refractivity contribution in [1.29, 1.82) is 10.5 Å². The van der Waals surface area contributed by atoms with Crippen molar-refractivity contribution in [2.24, 2.45) is 21.6 Å². The molecular weight excluding hydrogens is 324 g/mol. The molecule has 3 aliphatic rings. The van der Waals surface area contributed by atoms with Crippen LogP contribution in [0.4, 0.5) is 0 Å². The number of nitriles is 2. The van der Waals surface area contributed by atoms with Gasteiger partial charge in [-0.3, -0.25) is 0 Å². The summed E-state index contributed by atoms with van der Waals surface area (Å²) in [5, 5.41) is 18.9. The van der Waals surface area contributed by atoms with Crippen LogP contribution in [0.25, 0.3) is 0 Å². The summed E-state index contributed by atoms with van der Waals surface area (Å²) in [5.74, 6) is 1.35. The minimum atomic E-state index is -1.12. The maximum absolute atomic E-state index is 10.0. The molecule has 2 fully saturated rings. The summed E-state index contributed by atoms with van der Waals surface area (Å²) in [5.41, 5.74) is 4.83. The molecule has 2 N–H and O–H groups in total. The van der Waals surface area contributed by atoms with Gasteiger partial charge in [-0.25, -0.2) is 4.99 Å². The summed E-state index contributed by atoms with van der Waals surface area (Å²) in [6, 6.07) is 12.2. The molecule has 2 heterocycles. The SMILES string of the molecule is CCOc1ccc([C@H]2[C@]3(C#N)[C@@]4(N=C(N)[C@@]23C#N)OCCS4)cc1. The predicted octanol–water partition coefficient (Wildman–Crippen LogP) is 1.99. The largest absolute Gasteiger partial charge is 0.494 e. The Morgan fingerprint density at radius 1 is 1.38 bits per heavy atom. The fraction of sp³-hybridized carbons (Fsp3) is 0.471. The number of ether oxygens (including phenoxy) is 2. The lowest BCUT2D eigenvalue weighted by Gasteiger charge is -2.26. The number of benzene rings is 1. The molecule has 0 bridgehead atoms. The van der Waals surface area contributed by atoms with Crippen molar-refractivity contribution >= 4 is 17.6 Å². The zero-order valence-electron chi connectivity index (χ0n) is 13.2. The third kappa shape index (κ3) is 1.47. The molecule has 0 unspecified atom stereocenters. The van der Waals surface area contributed by atoms with E-state index in [0.717, 1.165) is 17.1 Å². The van der Waals surface area contributed by atoms with E-state index in [1.165, 1.54) is 11.8 Å². The van der Waals surface area contributed by atoms with E-state index in [-0.39, 0.29) is 11.8 Å². The Hall–Kier alpha value is -2.22. The third-order valence-electron chi connectivity index (χ3n) is 5.13. The molecule has 0 radical (unpaired) electrons. The minimum Gasteiger partial charge on any atom is -0.494 e. The van der Waals surface area contributed by atoms with Crippen LogP contribution in [0.15, 0.2) is 29.3 Å². The van der Waals surface area contributed by atoms with E-state index in [1.807, 2.05) is 31.2 Å². The maximum Gasteiger partial charge on any atom is 0.230 e. The predicted molar refractivity (Wildman–Crippen MR) is 89.2 cm³/mol. The number of nitrogens with two attached hydrogens (primary N) is 1. The number of amidine groups is 1. The molecule has 2 aliphatic heterocycles. The molecule has 4 atom stereocenters. The smallest absolute Gasteiger partial charge is 0.230 e. The molecule has 0 aromatic heterocycles. The molecule has 24 heavy (non-hydrogen) atoms. The van der Waals surface area contributed by atoms with Gasteiger partial charge >= 0.3 is 0 Å². The second-order valence-corrected chi connectivity index (χ2v) is 7.30. The van der Waals surface area contributed by atoms with Gasteiger partial charge in [-0.15, -0.1) is 0 Å². The highest BCUT2D eigenvalue weighted by Gasteiger charge is 2.93. The second kappa shape index (κ2) is 4.89. The Morgan fingerprint density at radius 2 is 2.12 bits per heavy atom. The first-order valence-corrected chi connectivity index (χ1v) is 8.79. The van der Waals surface area contributed by atoms with Crippen molar-refractivity contribution in [1.82, 2.24) is 0 Å². The molecule has 0 amide bonds. The van der Waals surface area contributed by atoms with Crippen molar-refractivity contribution in [3.8, 4) is 17.9 Å². The standard InChI is InChI=1S/C17H16N4O2S/c1-2-22-12-5-3-11(4-6-12)13-15(9-18)14(20)21-17(16(13,15)10-19)23-7-8-24-17/h3-6,13H,2,7-8H2,1H3,(H2,20,21)/t13-,15-,16+,17-/m1/s1. The molecule has 1 saturated heterocycles. The Kier molecular flexibility index (Phi) is 3.12. The lowest BCUT2D eigenvalue weighted by Crippen LogP contribution is -2.34. The minimum absolute atomic E-state index is 0.208. The number of aliphatic imine (C=N–C) groups is 1. The van der Waals surface area contributed by atoms with Crippen molar-refractivity contribution < 1.29 is 9.47 Å². The van der Waals surface area contributed by atoms with Crippen LogP contribution in [0.5, 0.6) is 5.75 Å². The van der Waals surface area contributed by atoms with Gasteiger partial charge in [0.2, 0.25) is 5.06 Å². The lowest BCUT2D eigenvalue weighted by atomic mass is 9.95. The van der Waals surface area contributed by atoms with Crippen molar-refractivity contribution in [3.05, 3.63) is 29.8 Å². The topological polar surface area (TPSA) is 104 Å². The van der Waals surface area contributed by atoms with Gasteiger partial charge in [0.15, 0.2) is 5.41 Å². The third-order valence-corrected chi connectivity index (χ3v) is 6.42. The van der Waals surface area contributed by atoms with Gasteiger partial charge in [0.1, 0.15) is 17.0 Å². The van der Waals surface area contributed by atoms with Gasteiger partial charge in [0, 0.05) is 11.7 Å². The molecule has 4 rings (SSSR count). The van der Waals surface area contributed by atoms with Gasteiger partial charge in [-0.1, -0.05) is 23.9 Å². The Balaban J connectivity index is 1.82. The fourth-order valence-corrected chi connectivity index (χ4v) is 5.47. The number of hydrogen-bond donors (Lipinski definition) is 1. The van der Waals surface area contributed by atoms with E-state index in [1.54, 1.807) is 0 Å². The number of nitrogens with zero attached hydrogens (tertiary/aromatic N) is 3. The van der Waals surface area contributed by atoms with E-state index in [0.29, 0.717) is 13.2 Å². The highest BCUT2D eigenvalue weighted by Crippen LogP contribution is 2.84. The van der Waals surface area contributed by atoms with Crippen LogP contribution in [0.1, 0.15) is 18.4 Å². The first-order chi connectivity index (χ1) is 11.6. The number of hydrogen-bond acceptors (Lipinski definition) is 7. The van der Waals surface area contributed by atoms with E-state index < -0.39 is 15.9 Å². The van der Waals surface area contributed by atoms with E-state index in [2.05, 4.69) is 17.1 Å². The zero-order chi connectivity index (χ0) is 17.0. The highest BCUT2D eigenvalue weighted by molar-refractivity contribution is 8.00. The second-order valence-electron chi connectivity index (χ2n) is 6.05. The summed E-state index contributed by atoms with van der Waals surface area (Å²) in [6.45, 7) is 3.01. The van der Waals surface area contributed by atoms with Crippen LogP contribution in [-0.4, -0.2) is 29.9 Å². The van der Waals surface area contributed by atoms with Gasteiger partial charge in [-0.05, 0) is 24.6 Å². The molecule has 7 heteroatoms. The maximum atomic E-state index is 10.0. The van der Waals surface area contributed by atoms with Crippen LogP contribution in [0.2, 0.25) is 0 Å². The van der Waals surface area contributed by atoms with Crippen LogP contribution in [0, 0.1) is 33.5 Å². The van der Waals surface area contributed by atoms with E-state index in [9.17, 15) is 10.5 Å². The highest BCUT2D eigenvalue weighted by atomic mass is 32.2. The average Bonchev–Trinajstić information content (AvgIpc) is 2.84. The van der Waals surface area contributed by atoms with Crippen molar-refractivity contribution in [2.45, 2.75) is 17.9 Å². The van der Waals surface area contributed by atoms with Crippen molar-refractivity contribution in [3.63, 3.8) is 0 Å². The van der Waals surface area contributed by atoms with Gasteiger partial charge in [0.05, 0.1) is 25.4 Å². The van der Waals surface area contributed by atoms with Gasteiger partial charge in [0.25, 0.3) is 0 Å². The lowest BCUT2D eigenvalue weighted by molar-refractivity contribution is 0.0200. The summed E-state index contributed by atoms with van der Waals surface area (Å²) >= 11 is 1.46. The fourth-order valence-electron chi connectivity index (χ4n) is 4.14. The van der Waals surface area contributed by atoms with Gasteiger partial charge < -0.3 is 15.2 Å². The molecular formula is C17H16N4O2S. The van der Waals surface area contributed by atoms with E-state index >= 15 is 0 Å². The molecule has 1 spiro atoms. The first-order valence-electron chi connectivity index (χ1n) is 7.81.